The maximum Gasteiger partial charge on any atom is 0.304 e. The number of Topliss-reactive ketones (excluding diaryl/α,β-unsaturated/α-hetero) is 1. The maximum atomic E-state index is 11.3. The molecular formula is C11H16N2O3S. The first-order chi connectivity index (χ1) is 7.88. The molecule has 5 nitrogen and oxygen atoms in total. The quantitative estimate of drug-likeness (QED) is 0.461. The van der Waals surface area contributed by atoms with Crippen molar-refractivity contribution in [3.8, 4) is 0 Å². The summed E-state index contributed by atoms with van der Waals surface area (Å²) in [6, 6.07) is 1.53. The molecule has 6 heteroatoms. The fourth-order valence-corrected chi connectivity index (χ4v) is 2.84. The molecule has 0 N–H and O–H groups in total. The van der Waals surface area contributed by atoms with Gasteiger partial charge in [0.15, 0.2) is 10.8 Å². The fourth-order valence-electron chi connectivity index (χ4n) is 1.63. The number of thiophene rings is 1. The Balaban J connectivity index is 3.29. The topological polar surface area (TPSA) is 63.5 Å². The van der Waals surface area contributed by atoms with Crippen molar-refractivity contribution < 1.29 is 9.72 Å². The number of ketones is 1. The van der Waals surface area contributed by atoms with Crippen LogP contribution in [0.15, 0.2) is 6.07 Å². The van der Waals surface area contributed by atoms with Crippen LogP contribution in [0.5, 0.6) is 0 Å². The van der Waals surface area contributed by atoms with Gasteiger partial charge >= 0.3 is 5.69 Å². The average molecular weight is 256 g/mol. The first-order valence-electron chi connectivity index (χ1n) is 5.44. The summed E-state index contributed by atoms with van der Waals surface area (Å²) < 4.78 is 0. The van der Waals surface area contributed by atoms with Crippen LogP contribution in [0.1, 0.15) is 37.4 Å². The van der Waals surface area contributed by atoms with Gasteiger partial charge in [-0.1, -0.05) is 0 Å². The van der Waals surface area contributed by atoms with E-state index in [-0.39, 0.29) is 17.5 Å². The number of rotatable bonds is 5. The minimum absolute atomic E-state index is 0.0238. The minimum atomic E-state index is -0.427. The smallest absolute Gasteiger partial charge is 0.304 e. The van der Waals surface area contributed by atoms with Gasteiger partial charge < -0.3 is 4.90 Å². The first kappa shape index (κ1) is 13.6. The molecule has 0 saturated carbocycles. The summed E-state index contributed by atoms with van der Waals surface area (Å²) in [7, 11) is 0. The molecule has 0 aliphatic carbocycles. The Morgan fingerprint density at radius 1 is 1.59 bits per heavy atom. The van der Waals surface area contributed by atoms with Gasteiger partial charge in [-0.2, -0.15) is 0 Å². The van der Waals surface area contributed by atoms with Gasteiger partial charge in [0.25, 0.3) is 0 Å². The molecule has 0 unspecified atom stereocenters. The molecule has 0 aromatic carbocycles. The largest absolute Gasteiger partial charge is 0.356 e. The lowest BCUT2D eigenvalue weighted by molar-refractivity contribution is -0.383. The van der Waals surface area contributed by atoms with E-state index in [2.05, 4.69) is 0 Å². The van der Waals surface area contributed by atoms with Gasteiger partial charge in [-0.3, -0.25) is 14.9 Å². The summed E-state index contributed by atoms with van der Waals surface area (Å²) in [6.07, 6.45) is 0. The van der Waals surface area contributed by atoms with Crippen molar-refractivity contribution in [1.82, 2.24) is 0 Å². The van der Waals surface area contributed by atoms with Crippen LogP contribution < -0.4 is 4.90 Å². The zero-order valence-corrected chi connectivity index (χ0v) is 11.2. The van der Waals surface area contributed by atoms with Crippen LogP contribution in [0, 0.1) is 10.1 Å². The van der Waals surface area contributed by atoms with Crippen LogP contribution in [0.3, 0.4) is 0 Å². The second kappa shape index (κ2) is 5.27. The Morgan fingerprint density at radius 2 is 2.18 bits per heavy atom. The van der Waals surface area contributed by atoms with Crippen LogP contribution in [-0.4, -0.2) is 23.3 Å². The molecule has 17 heavy (non-hydrogen) atoms. The standard InChI is InChI=1S/C11H16N2O3S/c1-5-12(7(2)3)11-9(13(15)16)6-10(17-11)8(4)14/h6-7H,5H2,1-4H3. The van der Waals surface area contributed by atoms with Gasteiger partial charge in [0.1, 0.15) is 0 Å². The van der Waals surface area contributed by atoms with Crippen molar-refractivity contribution in [3.63, 3.8) is 0 Å². The zero-order chi connectivity index (χ0) is 13.2. The third-order valence-electron chi connectivity index (χ3n) is 2.46. The molecule has 0 fully saturated rings. The summed E-state index contributed by atoms with van der Waals surface area (Å²) in [5.41, 5.74) is 0.0238. The summed E-state index contributed by atoms with van der Waals surface area (Å²) in [5, 5.41) is 11.5. The van der Waals surface area contributed by atoms with E-state index in [4.69, 9.17) is 0 Å². The van der Waals surface area contributed by atoms with Crippen LogP contribution in [0.2, 0.25) is 0 Å². The lowest BCUT2D eigenvalue weighted by Crippen LogP contribution is -2.29. The zero-order valence-electron chi connectivity index (χ0n) is 10.4. The molecule has 0 amide bonds. The number of hydrogen-bond acceptors (Lipinski definition) is 5. The van der Waals surface area contributed by atoms with Crippen molar-refractivity contribution in [2.24, 2.45) is 0 Å². The van der Waals surface area contributed by atoms with Crippen LogP contribution in [0.4, 0.5) is 10.7 Å². The third-order valence-corrected chi connectivity index (χ3v) is 3.72. The summed E-state index contributed by atoms with van der Waals surface area (Å²) >= 11 is 1.19. The summed E-state index contributed by atoms with van der Waals surface area (Å²) in [6.45, 7) is 7.99. The monoisotopic (exact) mass is 256 g/mol. The van der Waals surface area contributed by atoms with Crippen molar-refractivity contribution in [2.45, 2.75) is 33.7 Å². The van der Waals surface area contributed by atoms with Crippen LogP contribution in [-0.2, 0) is 0 Å². The van der Waals surface area contributed by atoms with Gasteiger partial charge in [-0.05, 0) is 27.7 Å². The van der Waals surface area contributed by atoms with Crippen molar-refractivity contribution in [1.29, 1.82) is 0 Å². The molecule has 1 heterocycles. The summed E-state index contributed by atoms with van der Waals surface area (Å²) in [5.74, 6) is -0.135. The van der Waals surface area contributed by atoms with Crippen molar-refractivity contribution in [2.75, 3.05) is 11.4 Å². The van der Waals surface area contributed by atoms with Gasteiger partial charge in [-0.15, -0.1) is 11.3 Å². The molecule has 0 spiro atoms. The highest BCUT2D eigenvalue weighted by Gasteiger charge is 2.25. The van der Waals surface area contributed by atoms with E-state index in [1.807, 2.05) is 25.7 Å². The SMILES string of the molecule is CCN(c1sc(C(C)=O)cc1[N+](=O)[O-])C(C)C. The highest BCUT2D eigenvalue weighted by molar-refractivity contribution is 7.18. The number of nitrogens with zero attached hydrogens (tertiary/aromatic N) is 2. The number of nitro groups is 1. The fraction of sp³-hybridized carbons (Fsp3) is 0.545. The predicted molar refractivity (Wildman–Crippen MR) is 69.1 cm³/mol. The van der Waals surface area contributed by atoms with E-state index in [1.54, 1.807) is 0 Å². The van der Waals surface area contributed by atoms with Gasteiger partial charge in [0.05, 0.1) is 9.80 Å². The average Bonchev–Trinajstić information content (AvgIpc) is 2.63. The lowest BCUT2D eigenvalue weighted by atomic mass is 10.3. The highest BCUT2D eigenvalue weighted by atomic mass is 32.1. The molecule has 0 bridgehead atoms. The molecule has 1 aromatic heterocycles. The van der Waals surface area contributed by atoms with Gasteiger partial charge in [0.2, 0.25) is 0 Å². The Labute approximate surface area is 104 Å². The number of hydrogen-bond donors (Lipinski definition) is 0. The normalized spacial score (nSPS) is 10.6. The van der Waals surface area contributed by atoms with E-state index in [0.717, 1.165) is 0 Å². The number of carbonyl (C=O) groups is 1. The molecule has 0 atom stereocenters. The number of carbonyl (C=O) groups excluding carboxylic acids is 1. The van der Waals surface area contributed by atoms with Gasteiger partial charge in [0, 0.05) is 18.7 Å². The Bertz CT molecular complexity index is 440. The lowest BCUT2D eigenvalue weighted by Gasteiger charge is -2.24. The van der Waals surface area contributed by atoms with Crippen molar-refractivity contribution in [3.05, 3.63) is 21.1 Å². The number of anilines is 1. The first-order valence-corrected chi connectivity index (χ1v) is 6.25. The summed E-state index contributed by atoms with van der Waals surface area (Å²) in [4.78, 5) is 24.2. The second-order valence-corrected chi connectivity index (χ2v) is 5.02. The van der Waals surface area contributed by atoms with E-state index in [9.17, 15) is 14.9 Å². The molecule has 0 saturated heterocycles. The van der Waals surface area contributed by atoms with E-state index < -0.39 is 4.92 Å². The Kier molecular flexibility index (Phi) is 4.22. The maximum absolute atomic E-state index is 11.3. The Morgan fingerprint density at radius 3 is 2.53 bits per heavy atom. The molecule has 94 valence electrons. The van der Waals surface area contributed by atoms with Gasteiger partial charge in [-0.25, -0.2) is 0 Å². The highest BCUT2D eigenvalue weighted by Crippen LogP contribution is 2.38. The van der Waals surface area contributed by atoms with E-state index >= 15 is 0 Å². The Hall–Kier alpha value is -1.43. The van der Waals surface area contributed by atoms with E-state index in [1.165, 1.54) is 24.3 Å². The molecule has 0 aliphatic rings. The minimum Gasteiger partial charge on any atom is -0.356 e. The molecule has 0 radical (unpaired) electrons. The third kappa shape index (κ3) is 2.82. The predicted octanol–water partition coefficient (Wildman–Crippen LogP) is 3.09. The molecular weight excluding hydrogens is 240 g/mol. The molecule has 0 aliphatic heterocycles. The molecule has 1 rings (SSSR count). The van der Waals surface area contributed by atoms with Crippen LogP contribution in [0.25, 0.3) is 0 Å². The van der Waals surface area contributed by atoms with E-state index in [0.29, 0.717) is 16.4 Å². The van der Waals surface area contributed by atoms with Crippen LogP contribution >= 0.6 is 11.3 Å². The molecule has 1 aromatic rings. The second-order valence-electron chi connectivity index (χ2n) is 3.99. The van der Waals surface area contributed by atoms with Crippen molar-refractivity contribution >= 4 is 27.8 Å².